The predicted molar refractivity (Wildman–Crippen MR) is 56.1 cm³/mol. The molecule has 0 saturated carbocycles. The molecule has 15 heavy (non-hydrogen) atoms. The zero-order valence-corrected chi connectivity index (χ0v) is 9.62. The van der Waals surface area contributed by atoms with E-state index in [1.807, 2.05) is 0 Å². The van der Waals surface area contributed by atoms with Crippen LogP contribution in [0.4, 0.5) is 6.01 Å². The highest BCUT2D eigenvalue weighted by molar-refractivity contribution is 6.16. The lowest BCUT2D eigenvalue weighted by Crippen LogP contribution is -2.53. The molecule has 1 aromatic heterocycles. The molecule has 0 aromatic carbocycles. The normalized spacial score (nSPS) is 20.6. The quantitative estimate of drug-likeness (QED) is 0.721. The summed E-state index contributed by atoms with van der Waals surface area (Å²) in [6, 6.07) is 0.527. The summed E-state index contributed by atoms with van der Waals surface area (Å²) in [5.74, 6) is 0.701. The van der Waals surface area contributed by atoms with Crippen LogP contribution in [0, 0.1) is 0 Å². The van der Waals surface area contributed by atoms with Gasteiger partial charge in [-0.2, -0.15) is 0 Å². The molecule has 0 amide bonds. The van der Waals surface area contributed by atoms with Crippen LogP contribution in [0.1, 0.15) is 19.7 Å². The van der Waals surface area contributed by atoms with Gasteiger partial charge in [-0.25, -0.2) is 0 Å². The van der Waals surface area contributed by atoms with Gasteiger partial charge in [0.2, 0.25) is 5.89 Å². The van der Waals surface area contributed by atoms with Gasteiger partial charge in [-0.3, -0.25) is 0 Å². The Hall–Kier alpha value is -0.810. The smallest absolute Gasteiger partial charge is 0.318 e. The van der Waals surface area contributed by atoms with Crippen LogP contribution in [0.25, 0.3) is 0 Å². The molecule has 1 fully saturated rings. The van der Waals surface area contributed by atoms with Crippen LogP contribution in [0.15, 0.2) is 4.42 Å². The summed E-state index contributed by atoms with van der Waals surface area (Å²) in [6.45, 7) is 6.26. The van der Waals surface area contributed by atoms with E-state index in [-0.39, 0.29) is 11.4 Å². The average Bonchev–Trinajstić information content (AvgIpc) is 2.65. The van der Waals surface area contributed by atoms with E-state index < -0.39 is 0 Å². The van der Waals surface area contributed by atoms with Gasteiger partial charge < -0.3 is 14.1 Å². The molecule has 0 unspecified atom stereocenters. The van der Waals surface area contributed by atoms with Crippen LogP contribution < -0.4 is 4.90 Å². The summed E-state index contributed by atoms with van der Waals surface area (Å²) < 4.78 is 10.8. The summed E-state index contributed by atoms with van der Waals surface area (Å²) in [7, 11) is 0. The lowest BCUT2D eigenvalue weighted by atomic mass is 10.0. The van der Waals surface area contributed by atoms with Crippen LogP contribution in [0.5, 0.6) is 0 Å². The Balaban J connectivity index is 2.21. The number of halogens is 1. The minimum absolute atomic E-state index is 0.117. The number of aromatic nitrogens is 2. The van der Waals surface area contributed by atoms with Gasteiger partial charge in [-0.15, -0.1) is 16.7 Å². The van der Waals surface area contributed by atoms with Crippen molar-refractivity contribution in [2.75, 3.05) is 24.7 Å². The summed E-state index contributed by atoms with van der Waals surface area (Å²) in [5, 5.41) is 7.82. The van der Waals surface area contributed by atoms with Gasteiger partial charge in [0, 0.05) is 6.54 Å². The number of ether oxygens (including phenoxy) is 1. The number of hydrogen-bond acceptors (Lipinski definition) is 5. The maximum atomic E-state index is 5.61. The molecule has 0 aliphatic carbocycles. The molecular formula is C9H14ClN3O2. The summed E-state index contributed by atoms with van der Waals surface area (Å²) in [6.07, 6.45) is 0. The molecule has 1 aromatic rings. The third-order valence-corrected chi connectivity index (χ3v) is 2.68. The number of hydrogen-bond donors (Lipinski definition) is 0. The van der Waals surface area contributed by atoms with Crippen molar-refractivity contribution in [2.24, 2.45) is 0 Å². The Morgan fingerprint density at radius 1 is 1.47 bits per heavy atom. The molecule has 1 aliphatic heterocycles. The second-order valence-electron chi connectivity index (χ2n) is 4.13. The van der Waals surface area contributed by atoms with E-state index in [4.69, 9.17) is 20.8 Å². The largest absolute Gasteiger partial charge is 0.407 e. The molecule has 84 valence electrons. The third kappa shape index (κ3) is 2.08. The Morgan fingerprint density at radius 3 is 2.87 bits per heavy atom. The first kappa shape index (κ1) is 10.7. The van der Waals surface area contributed by atoms with Gasteiger partial charge >= 0.3 is 6.01 Å². The molecule has 0 N–H and O–H groups in total. The van der Waals surface area contributed by atoms with Gasteiger partial charge in [0.15, 0.2) is 0 Å². The standard InChI is InChI=1S/C9H14ClN3O2/c1-9(2)6-14-4-3-13(9)8-12-11-7(5-10)15-8/h3-6H2,1-2H3. The molecule has 1 saturated heterocycles. The predicted octanol–water partition coefficient (Wildman–Crippen LogP) is 1.42. The molecule has 2 heterocycles. The Morgan fingerprint density at radius 2 is 2.27 bits per heavy atom. The zero-order valence-electron chi connectivity index (χ0n) is 8.86. The van der Waals surface area contributed by atoms with E-state index in [2.05, 4.69) is 28.9 Å². The van der Waals surface area contributed by atoms with Crippen LogP contribution in [-0.2, 0) is 10.6 Å². The Labute approximate surface area is 93.4 Å². The SMILES string of the molecule is CC1(C)COCCN1c1nnc(CCl)o1. The Kier molecular flexibility index (Phi) is 2.84. The van der Waals surface area contributed by atoms with Gasteiger partial charge in [0.1, 0.15) is 5.88 Å². The van der Waals surface area contributed by atoms with Gasteiger partial charge in [-0.1, -0.05) is 5.10 Å². The van der Waals surface area contributed by atoms with Crippen molar-refractivity contribution >= 4 is 17.6 Å². The van der Waals surface area contributed by atoms with Crippen molar-refractivity contribution in [1.82, 2.24) is 10.2 Å². The first-order valence-electron chi connectivity index (χ1n) is 4.87. The third-order valence-electron chi connectivity index (χ3n) is 2.45. The van der Waals surface area contributed by atoms with Crippen LogP contribution >= 0.6 is 11.6 Å². The van der Waals surface area contributed by atoms with Crippen molar-refractivity contribution in [2.45, 2.75) is 25.3 Å². The molecule has 0 atom stereocenters. The van der Waals surface area contributed by atoms with E-state index in [1.165, 1.54) is 0 Å². The highest BCUT2D eigenvalue weighted by atomic mass is 35.5. The minimum Gasteiger partial charge on any atom is -0.407 e. The second-order valence-corrected chi connectivity index (χ2v) is 4.40. The first-order valence-corrected chi connectivity index (χ1v) is 5.41. The number of morpholine rings is 1. The lowest BCUT2D eigenvalue weighted by molar-refractivity contribution is 0.0611. The zero-order chi connectivity index (χ0) is 10.9. The van der Waals surface area contributed by atoms with Crippen LogP contribution in [0.2, 0.25) is 0 Å². The van der Waals surface area contributed by atoms with Gasteiger partial charge in [0.25, 0.3) is 0 Å². The molecule has 0 spiro atoms. The fraction of sp³-hybridized carbons (Fsp3) is 0.778. The van der Waals surface area contributed by atoms with E-state index in [9.17, 15) is 0 Å². The summed E-state index contributed by atoms with van der Waals surface area (Å²) >= 11 is 5.61. The molecule has 6 heteroatoms. The van der Waals surface area contributed by atoms with Crippen molar-refractivity contribution in [1.29, 1.82) is 0 Å². The number of nitrogens with zero attached hydrogens (tertiary/aromatic N) is 3. The average molecular weight is 232 g/mol. The summed E-state index contributed by atoms with van der Waals surface area (Å²) in [5.41, 5.74) is -0.117. The maximum absolute atomic E-state index is 5.61. The van der Waals surface area contributed by atoms with Crippen molar-refractivity contribution in [3.63, 3.8) is 0 Å². The minimum atomic E-state index is -0.117. The van der Waals surface area contributed by atoms with Crippen molar-refractivity contribution < 1.29 is 9.15 Å². The van der Waals surface area contributed by atoms with Crippen molar-refractivity contribution in [3.05, 3.63) is 5.89 Å². The monoisotopic (exact) mass is 231 g/mol. The maximum Gasteiger partial charge on any atom is 0.318 e. The van der Waals surface area contributed by atoms with E-state index in [1.54, 1.807) is 0 Å². The van der Waals surface area contributed by atoms with Gasteiger partial charge in [0.05, 0.1) is 18.8 Å². The van der Waals surface area contributed by atoms with E-state index >= 15 is 0 Å². The molecule has 2 rings (SSSR count). The highest BCUT2D eigenvalue weighted by Gasteiger charge is 2.33. The lowest BCUT2D eigenvalue weighted by Gasteiger charge is -2.40. The number of anilines is 1. The number of alkyl halides is 1. The first-order chi connectivity index (χ1) is 7.13. The fourth-order valence-corrected chi connectivity index (χ4v) is 1.73. The molecule has 1 aliphatic rings. The Bertz CT molecular complexity index is 340. The van der Waals surface area contributed by atoms with Crippen LogP contribution in [0.3, 0.4) is 0 Å². The molecule has 0 radical (unpaired) electrons. The second kappa shape index (κ2) is 3.98. The van der Waals surface area contributed by atoms with Crippen molar-refractivity contribution in [3.8, 4) is 0 Å². The molecular weight excluding hydrogens is 218 g/mol. The molecule has 5 nitrogen and oxygen atoms in total. The molecule has 0 bridgehead atoms. The number of rotatable bonds is 2. The van der Waals surface area contributed by atoms with Gasteiger partial charge in [-0.05, 0) is 13.8 Å². The van der Waals surface area contributed by atoms with E-state index in [0.29, 0.717) is 25.1 Å². The van der Waals surface area contributed by atoms with E-state index in [0.717, 1.165) is 6.54 Å². The fourth-order valence-electron chi connectivity index (χ4n) is 1.62. The van der Waals surface area contributed by atoms with Crippen LogP contribution in [-0.4, -0.2) is 35.5 Å². The highest BCUT2D eigenvalue weighted by Crippen LogP contribution is 2.25. The topological polar surface area (TPSA) is 51.4 Å². The summed E-state index contributed by atoms with van der Waals surface area (Å²) in [4.78, 5) is 2.06.